The first-order valence-electron chi connectivity index (χ1n) is 10.5. The first-order valence-corrected chi connectivity index (χ1v) is 11.3. The van der Waals surface area contributed by atoms with Crippen LogP contribution < -0.4 is 9.54 Å². The second-order valence-corrected chi connectivity index (χ2v) is 8.24. The fourth-order valence-electron chi connectivity index (χ4n) is 3.64. The number of thiazole rings is 1. The Morgan fingerprint density at radius 1 is 1.00 bits per heavy atom. The van der Waals surface area contributed by atoms with Crippen molar-refractivity contribution in [3.8, 4) is 5.75 Å². The summed E-state index contributed by atoms with van der Waals surface area (Å²) in [4.78, 5) is 42.2. The van der Waals surface area contributed by atoms with E-state index in [0.29, 0.717) is 38.5 Å². The molecule has 0 N–H and O–H groups in total. The van der Waals surface area contributed by atoms with Crippen LogP contribution in [0.15, 0.2) is 59.6 Å². The Balaban J connectivity index is 1.93. The van der Waals surface area contributed by atoms with Crippen LogP contribution in [0.3, 0.4) is 0 Å². The summed E-state index contributed by atoms with van der Waals surface area (Å²) < 4.78 is 17.6. The molecule has 0 fully saturated rings. The summed E-state index contributed by atoms with van der Waals surface area (Å²) in [6, 6.07) is 16.1. The van der Waals surface area contributed by atoms with E-state index >= 15 is 0 Å². The Bertz CT molecular complexity index is 1480. The number of methoxy groups -OCH3 is 2. The summed E-state index contributed by atoms with van der Waals surface area (Å²) in [5, 5.41) is 1.60. The first-order chi connectivity index (χ1) is 16.5. The molecular weight excluding hydrogens is 456 g/mol. The van der Waals surface area contributed by atoms with Gasteiger partial charge in [-0.15, -0.1) is 0 Å². The van der Waals surface area contributed by atoms with Crippen molar-refractivity contribution >= 4 is 50.2 Å². The van der Waals surface area contributed by atoms with Gasteiger partial charge in [0.1, 0.15) is 12.3 Å². The van der Waals surface area contributed by atoms with Crippen molar-refractivity contribution in [1.82, 2.24) is 4.57 Å². The molecule has 0 saturated carbocycles. The highest BCUT2D eigenvalue weighted by Gasteiger charge is 2.19. The molecule has 0 atom stereocenters. The molecule has 3 aromatic carbocycles. The Morgan fingerprint density at radius 3 is 2.53 bits per heavy atom. The van der Waals surface area contributed by atoms with E-state index in [1.807, 2.05) is 37.3 Å². The van der Waals surface area contributed by atoms with Crippen molar-refractivity contribution in [3.05, 3.63) is 70.5 Å². The van der Waals surface area contributed by atoms with E-state index in [2.05, 4.69) is 4.99 Å². The number of aromatic nitrogens is 1. The predicted octanol–water partition coefficient (Wildman–Crippen LogP) is 3.96. The van der Waals surface area contributed by atoms with Crippen molar-refractivity contribution in [3.63, 3.8) is 0 Å². The predicted molar refractivity (Wildman–Crippen MR) is 128 cm³/mol. The van der Waals surface area contributed by atoms with E-state index < -0.39 is 17.8 Å². The number of carbonyl (C=O) groups is 3. The fourth-order valence-corrected chi connectivity index (χ4v) is 4.71. The van der Waals surface area contributed by atoms with Gasteiger partial charge in [0.25, 0.3) is 5.91 Å². The van der Waals surface area contributed by atoms with E-state index in [0.717, 1.165) is 10.8 Å². The van der Waals surface area contributed by atoms with Crippen LogP contribution in [0.1, 0.15) is 27.6 Å². The zero-order valence-corrected chi connectivity index (χ0v) is 19.7. The Morgan fingerprint density at radius 2 is 1.79 bits per heavy atom. The molecule has 0 saturated heterocycles. The molecular formula is C25H22N2O6S. The third-order valence-electron chi connectivity index (χ3n) is 5.22. The summed E-state index contributed by atoms with van der Waals surface area (Å²) >= 11 is 1.19. The molecule has 1 amide bonds. The van der Waals surface area contributed by atoms with Crippen LogP contribution in [0.4, 0.5) is 0 Å². The van der Waals surface area contributed by atoms with E-state index in [-0.39, 0.29) is 6.54 Å². The number of fused-ring (bicyclic) bond motifs is 2. The van der Waals surface area contributed by atoms with E-state index in [9.17, 15) is 14.4 Å². The molecule has 0 aliphatic rings. The minimum atomic E-state index is -0.501. The average Bonchev–Trinajstić information content (AvgIpc) is 3.18. The second-order valence-electron chi connectivity index (χ2n) is 7.23. The van der Waals surface area contributed by atoms with Crippen LogP contribution in [0.25, 0.3) is 21.0 Å². The van der Waals surface area contributed by atoms with E-state index in [1.54, 1.807) is 28.8 Å². The standard InChI is InChI=1S/C25H22N2O6S/c1-4-33-19-12-10-15-7-5-6-8-17(15)22(19)23(29)26-25-27(14-21(28)31-2)18-11-9-16(24(30)32-3)13-20(18)34-25/h5-13H,4,14H2,1-3H3. The van der Waals surface area contributed by atoms with Gasteiger partial charge in [0.2, 0.25) is 0 Å². The quantitative estimate of drug-likeness (QED) is 0.389. The lowest BCUT2D eigenvalue weighted by atomic mass is 10.0. The van der Waals surface area contributed by atoms with Crippen molar-refractivity contribution in [1.29, 1.82) is 0 Å². The molecule has 1 heterocycles. The normalized spacial score (nSPS) is 11.6. The maximum absolute atomic E-state index is 13.5. The van der Waals surface area contributed by atoms with Gasteiger partial charge in [-0.25, -0.2) is 4.79 Å². The molecule has 1 aromatic heterocycles. The van der Waals surface area contributed by atoms with Gasteiger partial charge >= 0.3 is 11.9 Å². The lowest BCUT2D eigenvalue weighted by Gasteiger charge is -2.10. The lowest BCUT2D eigenvalue weighted by Crippen LogP contribution is -2.22. The molecule has 0 unspecified atom stereocenters. The van der Waals surface area contributed by atoms with Gasteiger partial charge in [0.05, 0.1) is 42.2 Å². The van der Waals surface area contributed by atoms with Crippen LogP contribution in [0.2, 0.25) is 0 Å². The summed E-state index contributed by atoms with van der Waals surface area (Å²) in [6.45, 7) is 2.09. The summed E-state index contributed by atoms with van der Waals surface area (Å²) in [6.07, 6.45) is 0. The van der Waals surface area contributed by atoms with Crippen LogP contribution in [-0.2, 0) is 20.8 Å². The highest BCUT2D eigenvalue weighted by molar-refractivity contribution is 7.16. The van der Waals surface area contributed by atoms with Gasteiger partial charge in [-0.05, 0) is 42.0 Å². The van der Waals surface area contributed by atoms with Crippen molar-refractivity contribution in [2.24, 2.45) is 4.99 Å². The number of amides is 1. The van der Waals surface area contributed by atoms with Crippen molar-refractivity contribution in [2.45, 2.75) is 13.5 Å². The highest BCUT2D eigenvalue weighted by atomic mass is 32.1. The molecule has 4 rings (SSSR count). The molecule has 8 nitrogen and oxygen atoms in total. The number of hydrogen-bond acceptors (Lipinski definition) is 7. The van der Waals surface area contributed by atoms with Gasteiger partial charge in [-0.1, -0.05) is 41.7 Å². The summed E-state index contributed by atoms with van der Waals surface area (Å²) in [5.74, 6) is -1.05. The molecule has 0 aliphatic carbocycles. The third-order valence-corrected chi connectivity index (χ3v) is 6.26. The number of ether oxygens (including phenoxy) is 3. The molecule has 9 heteroatoms. The van der Waals surface area contributed by atoms with Crippen LogP contribution >= 0.6 is 11.3 Å². The van der Waals surface area contributed by atoms with E-state index in [4.69, 9.17) is 14.2 Å². The number of esters is 2. The topological polar surface area (TPSA) is 96.2 Å². The third kappa shape index (κ3) is 4.42. The molecule has 4 aromatic rings. The molecule has 0 radical (unpaired) electrons. The SMILES string of the molecule is CCOc1ccc2ccccc2c1C(=O)N=c1sc2cc(C(=O)OC)ccc2n1CC(=O)OC. The van der Waals surface area contributed by atoms with Crippen molar-refractivity contribution in [2.75, 3.05) is 20.8 Å². The van der Waals surface area contributed by atoms with E-state index in [1.165, 1.54) is 25.6 Å². The van der Waals surface area contributed by atoms with Crippen molar-refractivity contribution < 1.29 is 28.6 Å². The molecule has 0 spiro atoms. The average molecular weight is 479 g/mol. The Hall–Kier alpha value is -3.98. The largest absolute Gasteiger partial charge is 0.493 e. The number of nitrogens with zero attached hydrogens (tertiary/aromatic N) is 2. The number of carbonyl (C=O) groups excluding carboxylic acids is 3. The van der Waals surface area contributed by atoms with Crippen LogP contribution in [0, 0.1) is 0 Å². The molecule has 0 aliphatic heterocycles. The first kappa shape index (κ1) is 23.2. The lowest BCUT2D eigenvalue weighted by molar-refractivity contribution is -0.141. The Kier molecular flexibility index (Phi) is 6.74. The fraction of sp³-hybridized carbons (Fsp3) is 0.200. The van der Waals surface area contributed by atoms with Gasteiger partial charge < -0.3 is 18.8 Å². The monoisotopic (exact) mass is 478 g/mol. The number of hydrogen-bond donors (Lipinski definition) is 0. The zero-order chi connectivity index (χ0) is 24.2. The van der Waals surface area contributed by atoms with Crippen LogP contribution in [0.5, 0.6) is 5.75 Å². The number of rotatable bonds is 6. The summed E-state index contributed by atoms with van der Waals surface area (Å²) in [7, 11) is 2.59. The number of benzene rings is 3. The highest BCUT2D eigenvalue weighted by Crippen LogP contribution is 2.29. The maximum Gasteiger partial charge on any atom is 0.337 e. The smallest absolute Gasteiger partial charge is 0.337 e. The molecule has 0 bridgehead atoms. The minimum Gasteiger partial charge on any atom is -0.493 e. The van der Waals surface area contributed by atoms with Gasteiger partial charge in [0, 0.05) is 0 Å². The second kappa shape index (κ2) is 9.88. The van der Waals surface area contributed by atoms with Crippen LogP contribution in [-0.4, -0.2) is 43.2 Å². The Labute approximate surface area is 199 Å². The molecule has 174 valence electrons. The zero-order valence-electron chi connectivity index (χ0n) is 18.9. The minimum absolute atomic E-state index is 0.145. The van der Waals surface area contributed by atoms with Gasteiger partial charge in [0.15, 0.2) is 4.80 Å². The summed E-state index contributed by atoms with van der Waals surface area (Å²) in [5.41, 5.74) is 1.34. The molecule has 34 heavy (non-hydrogen) atoms. The van der Waals surface area contributed by atoms with Gasteiger partial charge in [-0.3, -0.25) is 9.59 Å². The van der Waals surface area contributed by atoms with Gasteiger partial charge in [-0.2, -0.15) is 4.99 Å². The maximum atomic E-state index is 13.5.